The molecule has 0 bridgehead atoms. The van der Waals surface area contributed by atoms with Crippen LogP contribution in [0.1, 0.15) is 35.7 Å². The Kier molecular flexibility index (Phi) is 3.76. The number of piperazine rings is 1. The summed E-state index contributed by atoms with van der Waals surface area (Å²) in [5, 5.41) is 5.70. The maximum Gasteiger partial charge on any atom is 0.255 e. The molecule has 3 aliphatic rings. The van der Waals surface area contributed by atoms with Crippen LogP contribution in [-0.4, -0.2) is 54.3 Å². The first-order valence-electron chi connectivity index (χ1n) is 8.74. The number of nitrogens with one attached hydrogen (secondary N) is 2. The molecule has 0 unspecified atom stereocenters. The van der Waals surface area contributed by atoms with Gasteiger partial charge in [0.25, 0.3) is 11.8 Å². The molecule has 3 aliphatic heterocycles. The Morgan fingerprint density at radius 3 is 2.60 bits per heavy atom. The minimum Gasteiger partial charge on any atom is -0.369 e. The second-order valence-corrected chi connectivity index (χ2v) is 7.12. The van der Waals surface area contributed by atoms with E-state index in [0.29, 0.717) is 18.5 Å². The third-order valence-corrected chi connectivity index (χ3v) is 5.55. The fourth-order valence-electron chi connectivity index (χ4n) is 3.88. The van der Waals surface area contributed by atoms with Gasteiger partial charge in [0.2, 0.25) is 5.91 Å². The summed E-state index contributed by atoms with van der Waals surface area (Å²) < 4.78 is 0. The van der Waals surface area contributed by atoms with Gasteiger partial charge in [-0.25, -0.2) is 0 Å². The van der Waals surface area contributed by atoms with Crippen LogP contribution in [0.25, 0.3) is 0 Å². The fourth-order valence-corrected chi connectivity index (χ4v) is 3.88. The van der Waals surface area contributed by atoms with Gasteiger partial charge >= 0.3 is 0 Å². The number of carbonyl (C=O) groups excluding carboxylic acids is 3. The summed E-state index contributed by atoms with van der Waals surface area (Å²) in [5.74, 6) is -0.784. The molecule has 1 aromatic carbocycles. The number of piperidine rings is 1. The summed E-state index contributed by atoms with van der Waals surface area (Å²) in [7, 11) is 0. The van der Waals surface area contributed by atoms with E-state index in [1.165, 1.54) is 0 Å². The highest BCUT2D eigenvalue weighted by atomic mass is 16.2. The first kappa shape index (κ1) is 16.1. The Hall–Kier alpha value is -2.41. The highest BCUT2D eigenvalue weighted by molar-refractivity contribution is 6.07. The second kappa shape index (κ2) is 5.84. The molecule has 7 nitrogen and oxygen atoms in total. The smallest absolute Gasteiger partial charge is 0.255 e. The maximum atomic E-state index is 12.9. The molecule has 7 heteroatoms. The Morgan fingerprint density at radius 2 is 1.88 bits per heavy atom. The number of hydrogen-bond donors (Lipinski definition) is 2. The van der Waals surface area contributed by atoms with Gasteiger partial charge in [-0.05, 0) is 37.1 Å². The lowest BCUT2D eigenvalue weighted by Gasteiger charge is -2.39. The van der Waals surface area contributed by atoms with E-state index in [1.807, 2.05) is 12.1 Å². The van der Waals surface area contributed by atoms with Gasteiger partial charge in [0.05, 0.1) is 0 Å². The Morgan fingerprint density at radius 1 is 1.12 bits per heavy atom. The van der Waals surface area contributed by atoms with Gasteiger partial charge in [-0.2, -0.15) is 0 Å². The summed E-state index contributed by atoms with van der Waals surface area (Å²) >= 11 is 0. The molecule has 0 spiro atoms. The van der Waals surface area contributed by atoms with Gasteiger partial charge in [-0.15, -0.1) is 0 Å². The molecule has 0 aliphatic carbocycles. The number of imide groups is 1. The lowest BCUT2D eigenvalue weighted by Crippen LogP contribution is -2.61. The van der Waals surface area contributed by atoms with Gasteiger partial charge in [0.1, 0.15) is 5.54 Å². The van der Waals surface area contributed by atoms with E-state index in [2.05, 4.69) is 21.6 Å². The molecule has 2 saturated heterocycles. The first-order chi connectivity index (χ1) is 12.0. The van der Waals surface area contributed by atoms with Crippen molar-refractivity contribution in [3.63, 3.8) is 0 Å². The van der Waals surface area contributed by atoms with Crippen molar-refractivity contribution < 1.29 is 14.4 Å². The van der Waals surface area contributed by atoms with Crippen LogP contribution >= 0.6 is 0 Å². The molecule has 1 atom stereocenters. The van der Waals surface area contributed by atoms with Crippen molar-refractivity contribution in [1.82, 2.24) is 15.5 Å². The third kappa shape index (κ3) is 2.59. The highest BCUT2D eigenvalue weighted by Gasteiger charge is 2.48. The number of benzene rings is 1. The van der Waals surface area contributed by atoms with Gasteiger partial charge in [0.15, 0.2) is 0 Å². The maximum absolute atomic E-state index is 12.9. The summed E-state index contributed by atoms with van der Waals surface area (Å²) in [5.41, 5.74) is 1.75. The molecule has 132 valence electrons. The van der Waals surface area contributed by atoms with E-state index >= 15 is 0 Å². The normalized spacial score (nSPS) is 26.7. The molecule has 2 N–H and O–H groups in total. The summed E-state index contributed by atoms with van der Waals surface area (Å²) in [4.78, 5) is 40.6. The van der Waals surface area contributed by atoms with Crippen LogP contribution in [0, 0.1) is 0 Å². The first-order valence-corrected chi connectivity index (χ1v) is 8.74. The van der Waals surface area contributed by atoms with Crippen molar-refractivity contribution in [2.24, 2.45) is 0 Å². The van der Waals surface area contributed by atoms with Crippen LogP contribution in [0.5, 0.6) is 0 Å². The third-order valence-electron chi connectivity index (χ3n) is 5.55. The number of fused-ring (bicyclic) bond motifs is 1. The number of rotatable bonds is 2. The van der Waals surface area contributed by atoms with Crippen LogP contribution in [0.4, 0.5) is 5.69 Å². The van der Waals surface area contributed by atoms with Crippen LogP contribution in [0.2, 0.25) is 0 Å². The zero-order valence-corrected chi connectivity index (χ0v) is 14.3. The molecular weight excluding hydrogens is 320 g/mol. The zero-order valence-electron chi connectivity index (χ0n) is 14.3. The molecule has 25 heavy (non-hydrogen) atoms. The number of hydrogen-bond acceptors (Lipinski definition) is 5. The molecule has 0 aromatic heterocycles. The predicted molar refractivity (Wildman–Crippen MR) is 92.2 cm³/mol. The Bertz CT molecular complexity index is 757. The van der Waals surface area contributed by atoms with Crippen molar-refractivity contribution in [2.45, 2.75) is 31.8 Å². The van der Waals surface area contributed by atoms with Crippen LogP contribution in [0.3, 0.4) is 0 Å². The second-order valence-electron chi connectivity index (χ2n) is 7.12. The monoisotopic (exact) mass is 342 g/mol. The SMILES string of the molecule is C[C@]1(N2Cc3cc(N4CCNCC4)ccc3C2=O)CCC(=O)NC1=O. The van der Waals surface area contributed by atoms with Crippen molar-refractivity contribution in [3.05, 3.63) is 29.3 Å². The van der Waals surface area contributed by atoms with E-state index in [0.717, 1.165) is 37.4 Å². The van der Waals surface area contributed by atoms with Crippen LogP contribution in [0.15, 0.2) is 18.2 Å². The number of anilines is 1. The van der Waals surface area contributed by atoms with Gasteiger partial charge < -0.3 is 15.1 Å². The van der Waals surface area contributed by atoms with Crippen LogP contribution in [-0.2, 0) is 16.1 Å². The lowest BCUT2D eigenvalue weighted by molar-refractivity contribution is -0.142. The molecule has 0 saturated carbocycles. The minimum atomic E-state index is -0.973. The molecular formula is C18H22N4O3. The van der Waals surface area contributed by atoms with Crippen molar-refractivity contribution in [2.75, 3.05) is 31.1 Å². The zero-order chi connectivity index (χ0) is 17.6. The van der Waals surface area contributed by atoms with Crippen molar-refractivity contribution in [1.29, 1.82) is 0 Å². The van der Waals surface area contributed by atoms with Gasteiger partial charge in [-0.3, -0.25) is 19.7 Å². The molecule has 3 amide bonds. The number of carbonyl (C=O) groups is 3. The summed E-state index contributed by atoms with van der Waals surface area (Å²) in [6.45, 7) is 5.95. The molecule has 1 aromatic rings. The summed E-state index contributed by atoms with van der Waals surface area (Å²) in [6, 6.07) is 5.91. The van der Waals surface area contributed by atoms with Gasteiger partial charge in [-0.1, -0.05) is 0 Å². The quantitative estimate of drug-likeness (QED) is 0.753. The van der Waals surface area contributed by atoms with E-state index in [1.54, 1.807) is 11.8 Å². The van der Waals surface area contributed by atoms with Crippen LogP contribution < -0.4 is 15.5 Å². The van der Waals surface area contributed by atoms with E-state index < -0.39 is 5.54 Å². The molecule has 0 radical (unpaired) electrons. The molecule has 2 fully saturated rings. The van der Waals surface area contributed by atoms with Crippen molar-refractivity contribution in [3.8, 4) is 0 Å². The fraction of sp³-hybridized carbons (Fsp3) is 0.500. The Labute approximate surface area is 146 Å². The van der Waals surface area contributed by atoms with Gasteiger partial charge in [0, 0.05) is 50.4 Å². The van der Waals surface area contributed by atoms with E-state index in [-0.39, 0.29) is 24.1 Å². The number of nitrogens with zero attached hydrogens (tertiary/aromatic N) is 2. The largest absolute Gasteiger partial charge is 0.369 e. The molecule has 3 heterocycles. The topological polar surface area (TPSA) is 81.8 Å². The van der Waals surface area contributed by atoms with Crippen molar-refractivity contribution >= 4 is 23.4 Å². The van der Waals surface area contributed by atoms with E-state index in [9.17, 15) is 14.4 Å². The summed E-state index contributed by atoms with van der Waals surface area (Å²) in [6.07, 6.45) is 0.621. The highest BCUT2D eigenvalue weighted by Crippen LogP contribution is 2.35. The Balaban J connectivity index is 1.60. The molecule has 4 rings (SSSR count). The average molecular weight is 342 g/mol. The van der Waals surface area contributed by atoms with E-state index in [4.69, 9.17) is 0 Å². The minimum absolute atomic E-state index is 0.131. The average Bonchev–Trinajstić information content (AvgIpc) is 2.96. The standard InChI is InChI=1S/C18H22N4O3/c1-18(5-4-15(23)20-17(18)25)22-11-12-10-13(2-3-14(12)16(22)24)21-8-6-19-7-9-21/h2-3,10,19H,4-9,11H2,1H3,(H,20,23,25)/t18-/m0/s1. The lowest BCUT2D eigenvalue weighted by atomic mass is 9.89. The number of amides is 3. The predicted octanol–water partition coefficient (Wildman–Crippen LogP) is 0.247.